The normalized spacial score (nSPS) is 11.9. The molecule has 1 N–H and O–H groups in total. The Kier molecular flexibility index (Phi) is 5.71. The third-order valence-corrected chi connectivity index (χ3v) is 3.67. The van der Waals surface area contributed by atoms with E-state index in [9.17, 15) is 9.90 Å². The molecule has 6 heteroatoms. The first-order chi connectivity index (χ1) is 10.1. The molecule has 0 radical (unpaired) electrons. The third kappa shape index (κ3) is 5.17. The second-order valence-corrected chi connectivity index (χ2v) is 5.37. The van der Waals surface area contributed by atoms with Gasteiger partial charge in [-0.1, -0.05) is 11.8 Å². The molecule has 0 bridgehead atoms. The average Bonchev–Trinajstić information content (AvgIpc) is 2.52. The quantitative estimate of drug-likeness (QED) is 0.480. The molecule has 21 heavy (non-hydrogen) atoms. The molecule has 5 nitrogen and oxygen atoms in total. The van der Waals surface area contributed by atoms with Gasteiger partial charge in [0.05, 0.1) is 6.10 Å². The van der Waals surface area contributed by atoms with Crippen molar-refractivity contribution in [2.24, 2.45) is 0 Å². The molecule has 0 unspecified atom stereocenters. The van der Waals surface area contributed by atoms with E-state index in [1.807, 2.05) is 0 Å². The van der Waals surface area contributed by atoms with Gasteiger partial charge in [-0.05, 0) is 37.3 Å². The van der Waals surface area contributed by atoms with Crippen molar-refractivity contribution in [3.8, 4) is 5.75 Å². The summed E-state index contributed by atoms with van der Waals surface area (Å²) in [5.41, 5.74) is 0.639. The van der Waals surface area contributed by atoms with Gasteiger partial charge in [0.1, 0.15) is 12.4 Å². The summed E-state index contributed by atoms with van der Waals surface area (Å²) in [5.74, 6) is 1.09. The fourth-order valence-electron chi connectivity index (χ4n) is 1.56. The lowest BCUT2D eigenvalue weighted by atomic mass is 10.1. The van der Waals surface area contributed by atoms with Crippen molar-refractivity contribution in [1.29, 1.82) is 0 Å². The smallest absolute Gasteiger partial charge is 0.187 e. The zero-order valence-electron chi connectivity index (χ0n) is 11.6. The van der Waals surface area contributed by atoms with Crippen molar-refractivity contribution in [2.75, 3.05) is 12.4 Å². The summed E-state index contributed by atoms with van der Waals surface area (Å²) in [6.45, 7) is 1.70. The zero-order valence-corrected chi connectivity index (χ0v) is 12.4. The van der Waals surface area contributed by atoms with Crippen LogP contribution in [-0.2, 0) is 0 Å². The second-order valence-electron chi connectivity index (χ2n) is 4.39. The molecule has 1 aromatic heterocycles. The molecular formula is C15H16N2O3S. The van der Waals surface area contributed by atoms with E-state index in [1.165, 1.54) is 18.7 Å². The first-order valence-corrected chi connectivity index (χ1v) is 7.45. The number of carbonyl (C=O) groups excluding carboxylic acids is 1. The molecule has 0 fully saturated rings. The highest BCUT2D eigenvalue weighted by Crippen LogP contribution is 2.15. The standard InChI is InChI=1S/C15H16N2O3S/c1-11(18)12-3-5-14(6-4-12)20-9-13(19)10-21-15-16-7-2-8-17-15/h2-8,13,19H,9-10H2,1H3/t13-/m0/s1. The Morgan fingerprint density at radius 3 is 2.57 bits per heavy atom. The van der Waals surface area contributed by atoms with Gasteiger partial charge in [-0.25, -0.2) is 9.97 Å². The van der Waals surface area contributed by atoms with E-state index in [2.05, 4.69) is 9.97 Å². The van der Waals surface area contributed by atoms with Crippen molar-refractivity contribution in [1.82, 2.24) is 9.97 Å². The summed E-state index contributed by atoms with van der Waals surface area (Å²) in [6.07, 6.45) is 2.70. The summed E-state index contributed by atoms with van der Waals surface area (Å²) in [7, 11) is 0. The molecule has 0 aliphatic carbocycles. The molecular weight excluding hydrogens is 288 g/mol. The number of ketones is 1. The number of rotatable bonds is 7. The van der Waals surface area contributed by atoms with Crippen LogP contribution in [0.2, 0.25) is 0 Å². The number of aromatic nitrogens is 2. The van der Waals surface area contributed by atoms with Crippen molar-refractivity contribution in [3.63, 3.8) is 0 Å². The highest BCUT2D eigenvalue weighted by molar-refractivity contribution is 7.99. The molecule has 110 valence electrons. The topological polar surface area (TPSA) is 72.3 Å². The van der Waals surface area contributed by atoms with Gasteiger partial charge in [-0.2, -0.15) is 0 Å². The molecule has 0 spiro atoms. The third-order valence-electron chi connectivity index (χ3n) is 2.65. The summed E-state index contributed by atoms with van der Waals surface area (Å²) < 4.78 is 5.48. The Morgan fingerprint density at radius 2 is 1.95 bits per heavy atom. The van der Waals surface area contributed by atoms with Gasteiger partial charge >= 0.3 is 0 Å². The van der Waals surface area contributed by atoms with Gasteiger partial charge in [0, 0.05) is 23.7 Å². The monoisotopic (exact) mass is 304 g/mol. The summed E-state index contributed by atoms with van der Waals surface area (Å²) in [4.78, 5) is 19.3. The van der Waals surface area contributed by atoms with Crippen molar-refractivity contribution < 1.29 is 14.6 Å². The summed E-state index contributed by atoms with van der Waals surface area (Å²) in [5, 5.41) is 10.5. The van der Waals surface area contributed by atoms with Crippen LogP contribution in [0.4, 0.5) is 0 Å². The Morgan fingerprint density at radius 1 is 1.29 bits per heavy atom. The molecule has 1 atom stereocenters. The van der Waals surface area contributed by atoms with E-state index >= 15 is 0 Å². The van der Waals surface area contributed by atoms with E-state index < -0.39 is 6.10 Å². The van der Waals surface area contributed by atoms with Crippen LogP contribution in [0, 0.1) is 0 Å². The average molecular weight is 304 g/mol. The number of ether oxygens (including phenoxy) is 1. The fraction of sp³-hybridized carbons (Fsp3) is 0.267. The lowest BCUT2D eigenvalue weighted by Crippen LogP contribution is -2.20. The maximum absolute atomic E-state index is 11.1. The van der Waals surface area contributed by atoms with Crippen LogP contribution in [-0.4, -0.2) is 39.3 Å². The van der Waals surface area contributed by atoms with Gasteiger partial charge in [-0.3, -0.25) is 4.79 Å². The molecule has 1 heterocycles. The number of aliphatic hydroxyl groups excluding tert-OH is 1. The number of aliphatic hydroxyl groups is 1. The van der Waals surface area contributed by atoms with E-state index in [1.54, 1.807) is 42.7 Å². The predicted molar refractivity (Wildman–Crippen MR) is 80.7 cm³/mol. The van der Waals surface area contributed by atoms with Crippen LogP contribution in [0.5, 0.6) is 5.75 Å². The predicted octanol–water partition coefficient (Wildman–Crippen LogP) is 2.21. The van der Waals surface area contributed by atoms with E-state index in [4.69, 9.17) is 4.74 Å². The Hall–Kier alpha value is -1.92. The molecule has 0 saturated carbocycles. The lowest BCUT2D eigenvalue weighted by Gasteiger charge is -2.11. The minimum atomic E-state index is -0.619. The molecule has 0 amide bonds. The first-order valence-electron chi connectivity index (χ1n) is 6.47. The number of Topliss-reactive ketones (excluding diaryl/α,β-unsaturated/α-hetero) is 1. The number of benzene rings is 1. The fourth-order valence-corrected chi connectivity index (χ4v) is 2.27. The van der Waals surface area contributed by atoms with Crippen molar-refractivity contribution in [3.05, 3.63) is 48.3 Å². The highest BCUT2D eigenvalue weighted by Gasteiger charge is 2.08. The van der Waals surface area contributed by atoms with E-state index in [0.717, 1.165) is 0 Å². The number of carbonyl (C=O) groups is 1. The van der Waals surface area contributed by atoms with Gasteiger partial charge in [0.2, 0.25) is 0 Å². The number of nitrogens with zero attached hydrogens (tertiary/aromatic N) is 2. The number of thioether (sulfide) groups is 1. The largest absolute Gasteiger partial charge is 0.491 e. The van der Waals surface area contributed by atoms with Crippen LogP contribution in [0.3, 0.4) is 0 Å². The summed E-state index contributed by atoms with van der Waals surface area (Å²) >= 11 is 1.37. The molecule has 1 aromatic carbocycles. The van der Waals surface area contributed by atoms with Gasteiger partial charge in [0.25, 0.3) is 0 Å². The van der Waals surface area contributed by atoms with Gasteiger partial charge in [0.15, 0.2) is 10.9 Å². The second kappa shape index (κ2) is 7.75. The maximum atomic E-state index is 11.1. The van der Waals surface area contributed by atoms with E-state index in [0.29, 0.717) is 22.2 Å². The SMILES string of the molecule is CC(=O)c1ccc(OC[C@H](O)CSc2ncccn2)cc1. The molecule has 2 aromatic rings. The highest BCUT2D eigenvalue weighted by atomic mass is 32.2. The number of hydrogen-bond acceptors (Lipinski definition) is 6. The van der Waals surface area contributed by atoms with Crippen molar-refractivity contribution in [2.45, 2.75) is 18.2 Å². The lowest BCUT2D eigenvalue weighted by molar-refractivity contribution is 0.101. The number of hydrogen-bond donors (Lipinski definition) is 1. The Bertz CT molecular complexity index is 575. The van der Waals surface area contributed by atoms with Crippen LogP contribution in [0.15, 0.2) is 47.9 Å². The Balaban J connectivity index is 1.75. The summed E-state index contributed by atoms with van der Waals surface area (Å²) in [6, 6.07) is 8.59. The minimum Gasteiger partial charge on any atom is -0.491 e. The minimum absolute atomic E-state index is 0.0147. The van der Waals surface area contributed by atoms with Crippen LogP contribution in [0.25, 0.3) is 0 Å². The van der Waals surface area contributed by atoms with Crippen molar-refractivity contribution >= 4 is 17.5 Å². The first kappa shape index (κ1) is 15.5. The maximum Gasteiger partial charge on any atom is 0.187 e. The molecule has 0 saturated heterocycles. The molecule has 2 rings (SSSR count). The van der Waals surface area contributed by atoms with Crippen LogP contribution in [0.1, 0.15) is 17.3 Å². The molecule has 0 aliphatic rings. The van der Waals surface area contributed by atoms with E-state index in [-0.39, 0.29) is 12.4 Å². The van der Waals surface area contributed by atoms with Gasteiger partial charge < -0.3 is 9.84 Å². The van der Waals surface area contributed by atoms with Gasteiger partial charge in [-0.15, -0.1) is 0 Å². The molecule has 0 aliphatic heterocycles. The zero-order chi connectivity index (χ0) is 15.1. The van der Waals surface area contributed by atoms with Crippen LogP contribution < -0.4 is 4.74 Å². The van der Waals surface area contributed by atoms with Crippen LogP contribution >= 0.6 is 11.8 Å². The Labute approximate surface area is 127 Å².